The van der Waals surface area contributed by atoms with E-state index in [-0.39, 0.29) is 24.2 Å². The van der Waals surface area contributed by atoms with Crippen LogP contribution in [0.15, 0.2) is 58.0 Å². The summed E-state index contributed by atoms with van der Waals surface area (Å²) in [7, 11) is -1.11. The second-order valence-electron chi connectivity index (χ2n) is 15.3. The topological polar surface area (TPSA) is 95.0 Å². The Labute approximate surface area is 311 Å². The summed E-state index contributed by atoms with van der Waals surface area (Å²) in [4.78, 5) is 29.4. The molecule has 0 unspecified atom stereocenters. The Balaban J connectivity index is 0.000000260. The molecule has 4 rings (SSSR count). The first kappa shape index (κ1) is 41.2. The highest BCUT2D eigenvalue weighted by Crippen LogP contribution is 2.49. The van der Waals surface area contributed by atoms with Crippen molar-refractivity contribution in [1.29, 1.82) is 0 Å². The van der Waals surface area contributed by atoms with Crippen molar-refractivity contribution in [3.8, 4) is 0 Å². The maximum Gasteiger partial charge on any atom is 0.238 e. The van der Waals surface area contributed by atoms with E-state index in [1.807, 2.05) is 36.4 Å². The Morgan fingerprint density at radius 3 is 1.56 bits per heavy atom. The lowest BCUT2D eigenvalue weighted by Gasteiger charge is -2.28. The molecule has 2 aliphatic rings. The molecule has 2 aromatic rings. The van der Waals surface area contributed by atoms with Crippen LogP contribution in [0.3, 0.4) is 0 Å². The van der Waals surface area contributed by atoms with Crippen LogP contribution in [0, 0.1) is 0 Å². The van der Waals surface area contributed by atoms with E-state index in [9.17, 15) is 23.1 Å². The van der Waals surface area contributed by atoms with Gasteiger partial charge < -0.3 is 14.9 Å². The van der Waals surface area contributed by atoms with Crippen molar-refractivity contribution < 1.29 is 23.1 Å². The third-order valence-electron chi connectivity index (χ3n) is 9.10. The standard InChI is InChI=1S/C18H26BrNO2SSi.C17H26BrNO3SSi/c1-6-10-18(13-23(22)11-12-24(3,4)5)16-14(19)8-7-9-15(16)20(2)17(18)21;1-19-14-7-5-6-13(18)15(14)17(8-9-20,16(19)21)12-23(22)10-11-24(2,3)4/h6-9H,1,10-13H2,2-5H3;5-7,20H,8-12H2,1-4H3/t18-,23-;17-,23-/m00/s1. The molecule has 0 aliphatic carbocycles. The molecule has 2 heterocycles. The van der Waals surface area contributed by atoms with Crippen LogP contribution in [-0.4, -0.2) is 85.2 Å². The van der Waals surface area contributed by atoms with Crippen LogP contribution in [-0.2, 0) is 42.0 Å². The van der Waals surface area contributed by atoms with E-state index < -0.39 is 48.6 Å². The Kier molecular flexibility index (Phi) is 14.1. The number of halogens is 2. The Morgan fingerprint density at radius 2 is 1.17 bits per heavy atom. The van der Waals surface area contributed by atoms with Gasteiger partial charge in [-0.25, -0.2) is 0 Å². The highest BCUT2D eigenvalue weighted by molar-refractivity contribution is 9.10. The molecule has 7 nitrogen and oxygen atoms in total. The smallest absolute Gasteiger partial charge is 0.238 e. The fraction of sp³-hybridized carbons (Fsp3) is 0.543. The number of hydrogen-bond acceptors (Lipinski definition) is 5. The number of carbonyl (C=O) groups is 2. The first-order valence-electron chi connectivity index (χ1n) is 16.3. The molecule has 0 bridgehead atoms. The number of hydrogen-bond donors (Lipinski definition) is 1. The molecular weight excluding hydrogens is 809 g/mol. The van der Waals surface area contributed by atoms with E-state index in [2.05, 4.69) is 77.7 Å². The molecule has 0 aromatic heterocycles. The molecule has 0 spiro atoms. The SMILES string of the molecule is C=CC[C@@]1(C[S@@](=O)CC[Si](C)(C)C)C(=O)N(C)c2cccc(Br)c21.CN1C(=O)[C@@](CCO)(C[S@@](=O)CC[Si](C)(C)C)c2c(Br)cccc21. The summed E-state index contributed by atoms with van der Waals surface area (Å²) in [6.07, 6.45) is 2.57. The van der Waals surface area contributed by atoms with Crippen molar-refractivity contribution in [2.75, 3.05) is 53.5 Å². The summed E-state index contributed by atoms with van der Waals surface area (Å²) in [6.45, 7) is 17.4. The number of carbonyl (C=O) groups excluding carboxylic acids is 2. The number of allylic oxidation sites excluding steroid dienone is 1. The summed E-state index contributed by atoms with van der Waals surface area (Å²) >= 11 is 7.16. The number of amides is 2. The lowest BCUT2D eigenvalue weighted by atomic mass is 9.80. The molecule has 2 aromatic carbocycles. The van der Waals surface area contributed by atoms with E-state index >= 15 is 0 Å². The van der Waals surface area contributed by atoms with Crippen molar-refractivity contribution in [3.05, 3.63) is 69.1 Å². The summed E-state index contributed by atoms with van der Waals surface area (Å²) in [5, 5.41) is 9.61. The number of anilines is 2. The lowest BCUT2D eigenvalue weighted by Crippen LogP contribution is -2.44. The normalized spacial score (nSPS) is 21.8. The van der Waals surface area contributed by atoms with Crippen molar-refractivity contribution in [1.82, 2.24) is 0 Å². The molecule has 48 heavy (non-hydrogen) atoms. The van der Waals surface area contributed by atoms with Crippen LogP contribution < -0.4 is 9.80 Å². The Hall–Kier alpha value is -1.23. The van der Waals surface area contributed by atoms with Gasteiger partial charge in [-0.1, -0.05) is 89.4 Å². The lowest BCUT2D eigenvalue weighted by molar-refractivity contribution is -0.123. The number of rotatable bonds is 14. The van der Waals surface area contributed by atoms with Gasteiger partial charge in [0.1, 0.15) is 0 Å². The minimum Gasteiger partial charge on any atom is -0.396 e. The van der Waals surface area contributed by atoms with Crippen molar-refractivity contribution in [2.24, 2.45) is 0 Å². The number of fused-ring (bicyclic) bond motifs is 2. The summed E-state index contributed by atoms with van der Waals surface area (Å²) in [5.74, 6) is 1.88. The minimum absolute atomic E-state index is 0.0191. The Bertz CT molecular complexity index is 1580. The van der Waals surface area contributed by atoms with E-state index in [4.69, 9.17) is 0 Å². The average molecular weight is 861 g/mol. The van der Waals surface area contributed by atoms with Gasteiger partial charge in [0.05, 0.1) is 10.8 Å². The monoisotopic (exact) mass is 858 g/mol. The maximum atomic E-state index is 13.1. The minimum atomic E-state index is -1.28. The second kappa shape index (κ2) is 16.4. The highest BCUT2D eigenvalue weighted by atomic mass is 79.9. The molecule has 4 atom stereocenters. The van der Waals surface area contributed by atoms with Gasteiger partial charge in [0.15, 0.2) is 0 Å². The molecule has 13 heteroatoms. The van der Waals surface area contributed by atoms with Crippen LogP contribution in [0.25, 0.3) is 0 Å². The van der Waals surface area contributed by atoms with E-state index in [0.717, 1.165) is 43.5 Å². The molecule has 0 fully saturated rings. The quantitative estimate of drug-likeness (QED) is 0.157. The number of benzene rings is 2. The van der Waals surface area contributed by atoms with E-state index in [0.29, 0.717) is 30.1 Å². The summed E-state index contributed by atoms with van der Waals surface area (Å²) < 4.78 is 27.3. The number of nitrogens with zero attached hydrogens (tertiary/aromatic N) is 2. The molecular formula is C35H52Br2N2O5S2Si2. The van der Waals surface area contributed by atoms with Crippen LogP contribution in [0.2, 0.25) is 51.4 Å². The average Bonchev–Trinajstić information content (AvgIpc) is 3.32. The molecule has 266 valence electrons. The molecule has 2 amide bonds. The number of aliphatic hydroxyl groups is 1. The van der Waals surface area contributed by atoms with Gasteiger partial charge in [0.2, 0.25) is 11.8 Å². The molecule has 0 saturated carbocycles. The first-order valence-corrected chi connectivity index (χ1v) is 28.3. The highest BCUT2D eigenvalue weighted by Gasteiger charge is 2.52. The fourth-order valence-electron chi connectivity index (χ4n) is 6.40. The first-order chi connectivity index (χ1) is 22.2. The predicted octanol–water partition coefficient (Wildman–Crippen LogP) is 7.46. The third-order valence-corrected chi connectivity index (χ3v) is 17.6. The molecule has 0 saturated heterocycles. The number of likely N-dealkylation sites (N-methyl/N-ethyl adjacent to an activating group) is 2. The zero-order valence-electron chi connectivity index (χ0n) is 29.7. The molecule has 0 radical (unpaired) electrons. The van der Waals surface area contributed by atoms with E-state index in [1.165, 1.54) is 0 Å². The predicted molar refractivity (Wildman–Crippen MR) is 217 cm³/mol. The van der Waals surface area contributed by atoms with Gasteiger partial charge in [0, 0.05) is 113 Å². The Morgan fingerprint density at radius 1 is 0.771 bits per heavy atom. The van der Waals surface area contributed by atoms with Crippen molar-refractivity contribution >= 4 is 92.8 Å². The van der Waals surface area contributed by atoms with Crippen molar-refractivity contribution in [3.63, 3.8) is 0 Å². The van der Waals surface area contributed by atoms with E-state index in [1.54, 1.807) is 30.0 Å². The largest absolute Gasteiger partial charge is 0.396 e. The van der Waals surface area contributed by atoms with Gasteiger partial charge in [-0.3, -0.25) is 18.0 Å². The van der Waals surface area contributed by atoms with Crippen LogP contribution in [0.4, 0.5) is 11.4 Å². The van der Waals surface area contributed by atoms with Gasteiger partial charge in [-0.15, -0.1) is 6.58 Å². The maximum absolute atomic E-state index is 13.1. The van der Waals surface area contributed by atoms with Crippen LogP contribution >= 0.6 is 31.9 Å². The molecule has 2 aliphatic heterocycles. The zero-order valence-corrected chi connectivity index (χ0v) is 36.5. The van der Waals surface area contributed by atoms with Gasteiger partial charge >= 0.3 is 0 Å². The van der Waals surface area contributed by atoms with Crippen LogP contribution in [0.5, 0.6) is 0 Å². The van der Waals surface area contributed by atoms with Gasteiger partial charge in [-0.05, 0) is 49.2 Å². The third kappa shape index (κ3) is 9.16. The molecule has 1 N–H and O–H groups in total. The van der Waals surface area contributed by atoms with Gasteiger partial charge in [-0.2, -0.15) is 0 Å². The fourth-order valence-corrected chi connectivity index (χ4v) is 16.8. The summed E-state index contributed by atoms with van der Waals surface area (Å²) in [5.41, 5.74) is 1.90. The second-order valence-corrected chi connectivity index (χ2v) is 31.4. The summed E-state index contributed by atoms with van der Waals surface area (Å²) in [6, 6.07) is 13.5. The van der Waals surface area contributed by atoms with Crippen LogP contribution in [0.1, 0.15) is 24.0 Å². The van der Waals surface area contributed by atoms with Gasteiger partial charge in [0.25, 0.3) is 0 Å². The zero-order chi connectivity index (χ0) is 36.2. The van der Waals surface area contributed by atoms with Crippen molar-refractivity contribution in [2.45, 2.75) is 75.0 Å². The number of aliphatic hydroxyl groups excluding tert-OH is 1.